The first kappa shape index (κ1) is 73.5. The van der Waals surface area contributed by atoms with Gasteiger partial charge in [-0.15, -0.1) is 0 Å². The van der Waals surface area contributed by atoms with Gasteiger partial charge < -0.3 is 75.6 Å². The summed E-state index contributed by atoms with van der Waals surface area (Å²) >= 11 is 23.9. The summed E-state index contributed by atoms with van der Waals surface area (Å²) in [6.45, 7) is -0.0312. The van der Waals surface area contributed by atoms with Crippen LogP contribution in [-0.2, 0) is 23.8 Å². The molecule has 0 bridgehead atoms. The van der Waals surface area contributed by atoms with Gasteiger partial charge in [-0.25, -0.2) is 14.4 Å². The minimum atomic E-state index is -1.01. The summed E-state index contributed by atoms with van der Waals surface area (Å²) in [4.78, 5) is 61.8. The van der Waals surface area contributed by atoms with Crippen molar-refractivity contribution in [3.8, 4) is 23.0 Å². The van der Waals surface area contributed by atoms with Gasteiger partial charge in [-0.3, -0.25) is 9.59 Å². The number of ether oxygens (including phenoxy) is 7. The average molecular weight is 1100 g/mol. The molecule has 73 heavy (non-hydrogen) atoms. The molecule has 0 aliphatic carbocycles. The Hall–Kier alpha value is -6.00. The molecule has 6 rings (SSSR count). The first-order valence-electron chi connectivity index (χ1n) is 19.0. The normalized spacial score (nSPS) is 9.21. The van der Waals surface area contributed by atoms with Crippen LogP contribution in [-0.4, -0.2) is 114 Å². The Balaban J connectivity index is -0.000000408. The molecule has 0 spiro atoms. The molecule has 0 atom stereocenters. The number of aromatic nitrogens is 2. The van der Waals surface area contributed by atoms with Crippen molar-refractivity contribution in [1.82, 2.24) is 9.97 Å². The molecule has 0 radical (unpaired) electrons. The maximum atomic E-state index is 11.3. The van der Waals surface area contributed by atoms with Crippen LogP contribution in [0.25, 0.3) is 43.9 Å². The summed E-state index contributed by atoms with van der Waals surface area (Å²) in [6.07, 6.45) is 2.03. The van der Waals surface area contributed by atoms with Crippen molar-refractivity contribution >= 4 is 104 Å². The first-order chi connectivity index (χ1) is 33.5. The molecule has 384 valence electrons. The standard InChI is InChI=1S/C11H10ClN3O3.C11H10ClNO3.C10H8ClNO3.C8H7ClO2.C3H7NO2.CH3O.Li.H2N2.Na.H2O/c1-17-9-5-3-4-7(10(9)12)6-8(14-15-13)11(16)18-2;1-15-9-4-3-7-6(10(9)12)5-8(13-7)11(14)16-2;1-15-8-3-2-6-5(9(8)11)4-7(12-6)10(13)14;1-11-7-4-2-3-6(5-10)8(7)9;1-6-3(5)2-4;1-2;;1-2;;/h3-6H,1-2H3;3-5,13H,1-2H3;2-4,12H,1H3,(H,13,14);2-5H,1H3;2,4H2,1H3;1H3;;1H2;;1H2/q;;;;;-1;+1;;+1;/p-1/b8-6-;;;;;;;;;. The molecule has 23 nitrogen and oxygen atoms in total. The third kappa shape index (κ3) is 22.8. The Morgan fingerprint density at radius 1 is 0.699 bits per heavy atom. The van der Waals surface area contributed by atoms with Crippen LogP contribution in [0.1, 0.15) is 36.9 Å². The van der Waals surface area contributed by atoms with E-state index in [1.54, 1.807) is 73.8 Å². The predicted octanol–water partition coefficient (Wildman–Crippen LogP) is 1.17. The SMILES string of the molecule is COC(=O)/C(=C/c1cccc(OC)c1Cl)N=[N+]=[N-].COC(=O)CN.COC(=O)c1cc2c(Cl)c(OC)ccc2[nH]1.COc1ccc2[nH]c(C(=O)O)cc2c1Cl.COc1cccc(C=O)c1Cl.C[O-].[Li+].[N-]=[NH2+].[Na+].[OH-]. The van der Waals surface area contributed by atoms with Crippen LogP contribution in [0.4, 0.5) is 0 Å². The third-order valence-electron chi connectivity index (χ3n) is 8.27. The van der Waals surface area contributed by atoms with Crippen molar-refractivity contribution in [2.45, 2.75) is 0 Å². The number of carboxylic acid groups (broad SMARTS) is 1. The number of carbonyl (C=O) groups is 5. The summed E-state index contributed by atoms with van der Waals surface area (Å²) in [6, 6.07) is 20.2. The van der Waals surface area contributed by atoms with Crippen molar-refractivity contribution < 1.29 is 127 Å². The Kier molecular flexibility index (Phi) is 40.8. The number of carbonyl (C=O) groups excluding carboxylic acids is 4. The number of aldehydes is 1. The zero-order valence-corrected chi connectivity index (χ0v) is 46.0. The van der Waals surface area contributed by atoms with Gasteiger partial charge in [0.15, 0.2) is 6.29 Å². The summed E-state index contributed by atoms with van der Waals surface area (Å²) in [7, 11) is 10.6. The molecule has 6 aromatic rings. The van der Waals surface area contributed by atoms with Crippen molar-refractivity contribution in [3.05, 3.63) is 137 Å². The minimum Gasteiger partial charge on any atom is -0.870 e. The minimum absolute atomic E-state index is 0. The molecule has 4 aromatic carbocycles. The van der Waals surface area contributed by atoms with Gasteiger partial charge in [-0.1, -0.05) is 69.7 Å². The average Bonchev–Trinajstić information content (AvgIpc) is 4.05. The third-order valence-corrected chi connectivity index (χ3v) is 9.86. The topological polar surface area (TPSA) is 377 Å². The zero-order valence-electron chi connectivity index (χ0n) is 40.9. The number of esters is 3. The number of aromatic amines is 2. The number of carboxylic acids is 1. The number of azide groups is 1. The number of nitrogens with one attached hydrogen (secondary N) is 2. The van der Waals surface area contributed by atoms with Gasteiger partial charge in [0, 0.05) is 32.3 Å². The molecular formula is C44H48Cl4LiN8NaO15. The number of hydrogen-bond donors (Lipinski definition) is 5. The number of nitrogens with zero attached hydrogens (tertiary/aromatic N) is 4. The Labute approximate surface area is 472 Å². The van der Waals surface area contributed by atoms with Crippen molar-refractivity contribution in [2.24, 2.45) is 10.8 Å². The van der Waals surface area contributed by atoms with Crippen LogP contribution in [0.5, 0.6) is 23.0 Å². The molecule has 0 saturated heterocycles. The number of aromatic carboxylic acids is 1. The second-order valence-electron chi connectivity index (χ2n) is 12.1. The maximum Gasteiger partial charge on any atom is 1.00 e. The molecule has 0 unspecified atom stereocenters. The number of nitrogens with two attached hydrogens (primary N) is 2. The van der Waals surface area contributed by atoms with Gasteiger partial charge in [-0.2, -0.15) is 7.11 Å². The van der Waals surface area contributed by atoms with Crippen LogP contribution in [0, 0.1) is 0 Å². The summed E-state index contributed by atoms with van der Waals surface area (Å²) < 4.78 is 33.3. The van der Waals surface area contributed by atoms with Crippen LogP contribution < -0.4 is 83.7 Å². The Bertz CT molecular complexity index is 2770. The number of methoxy groups -OCH3 is 7. The smallest absolute Gasteiger partial charge is 0.870 e. The van der Waals surface area contributed by atoms with Gasteiger partial charge >= 0.3 is 72.3 Å². The van der Waals surface area contributed by atoms with E-state index in [1.807, 2.05) is 0 Å². The molecule has 2 heterocycles. The van der Waals surface area contributed by atoms with E-state index in [1.165, 1.54) is 54.8 Å². The molecule has 0 aliphatic heterocycles. The number of rotatable bonds is 11. The van der Waals surface area contributed by atoms with Crippen LogP contribution in [0.3, 0.4) is 0 Å². The van der Waals surface area contributed by atoms with E-state index in [-0.39, 0.29) is 77.8 Å². The fourth-order valence-electron chi connectivity index (χ4n) is 5.03. The maximum absolute atomic E-state index is 11.3. The summed E-state index contributed by atoms with van der Waals surface area (Å²) in [5, 5.41) is 23.3. The quantitative estimate of drug-likeness (QED) is 0.0178. The Morgan fingerprint density at radius 2 is 1.11 bits per heavy atom. The van der Waals surface area contributed by atoms with Crippen molar-refractivity contribution in [3.63, 3.8) is 0 Å². The molecular weight excluding hydrogens is 1050 g/mol. The van der Waals surface area contributed by atoms with Crippen molar-refractivity contribution in [2.75, 3.05) is 63.4 Å². The monoisotopic (exact) mass is 1100 g/mol. The first-order valence-corrected chi connectivity index (χ1v) is 20.5. The second-order valence-corrected chi connectivity index (χ2v) is 13.6. The molecule has 0 aliphatic rings. The molecule has 2 aromatic heterocycles. The second kappa shape index (κ2) is 40.5. The fraction of sp³-hybridized carbons (Fsp3) is 0.205. The van der Waals surface area contributed by atoms with E-state index in [0.29, 0.717) is 77.1 Å². The van der Waals surface area contributed by atoms with Gasteiger partial charge in [-0.05, 0) is 71.8 Å². The molecule has 0 saturated carbocycles. The van der Waals surface area contributed by atoms with Crippen LogP contribution >= 0.6 is 46.4 Å². The largest absolute Gasteiger partial charge is 1.00 e. The van der Waals surface area contributed by atoms with Gasteiger partial charge in [0.05, 0.1) is 76.4 Å². The Morgan fingerprint density at radius 3 is 1.47 bits per heavy atom. The predicted molar refractivity (Wildman–Crippen MR) is 263 cm³/mol. The zero-order chi connectivity index (χ0) is 53.5. The van der Waals surface area contributed by atoms with Gasteiger partial charge in [0.1, 0.15) is 40.1 Å². The van der Waals surface area contributed by atoms with Gasteiger partial charge in [0.25, 0.3) is 0 Å². The van der Waals surface area contributed by atoms with Crippen LogP contribution in [0.15, 0.2) is 83.6 Å². The van der Waals surface area contributed by atoms with E-state index >= 15 is 0 Å². The molecule has 29 heteroatoms. The van der Waals surface area contributed by atoms with Gasteiger partial charge in [0.2, 0.25) is 0 Å². The van der Waals surface area contributed by atoms with E-state index in [2.05, 4.69) is 39.7 Å². The summed E-state index contributed by atoms with van der Waals surface area (Å²) in [5.74, 6) is -0.481. The molecule has 0 amide bonds. The molecule has 0 fully saturated rings. The molecule has 8 N–H and O–H groups in total. The summed E-state index contributed by atoms with van der Waals surface area (Å²) in [5.41, 5.74) is 25.9. The van der Waals surface area contributed by atoms with Crippen molar-refractivity contribution in [1.29, 1.82) is 0 Å². The number of hydrogen-bond acceptors (Lipinski definition) is 16. The number of benzene rings is 4. The number of fused-ring (bicyclic) bond motifs is 2. The van der Waals surface area contributed by atoms with E-state index < -0.39 is 17.9 Å². The van der Waals surface area contributed by atoms with E-state index in [4.69, 9.17) is 92.4 Å². The fourth-order valence-corrected chi connectivity index (χ4v) is 6.13. The van der Waals surface area contributed by atoms with Crippen LogP contribution in [0.2, 0.25) is 20.1 Å². The van der Waals surface area contributed by atoms with E-state index in [9.17, 15) is 24.0 Å². The number of H-pyrrole nitrogens is 2. The number of halogens is 4. The van der Waals surface area contributed by atoms with E-state index in [0.717, 1.165) is 18.0 Å².